The lowest BCUT2D eigenvalue weighted by Crippen LogP contribution is -2.41. The number of carbonyl (C=O) groups is 1. The predicted octanol–water partition coefficient (Wildman–Crippen LogP) is 4.64. The van der Waals surface area contributed by atoms with E-state index in [-0.39, 0.29) is 11.7 Å². The van der Waals surface area contributed by atoms with E-state index in [1.807, 2.05) is 58.0 Å². The molecule has 0 unspecified atom stereocenters. The molecule has 1 fully saturated rings. The Labute approximate surface area is 160 Å². The Morgan fingerprint density at radius 1 is 1.00 bits per heavy atom. The Hall–Kier alpha value is -2.18. The van der Waals surface area contributed by atoms with Crippen LogP contribution in [0.2, 0.25) is 6.32 Å². The molecule has 6 heteroatoms. The second-order valence-electron chi connectivity index (χ2n) is 7.88. The average Bonchev–Trinajstić information content (AvgIpc) is 2.82. The summed E-state index contributed by atoms with van der Waals surface area (Å²) >= 11 is 0. The van der Waals surface area contributed by atoms with Gasteiger partial charge in [-0.1, -0.05) is 30.3 Å². The lowest BCUT2D eigenvalue weighted by atomic mass is 9.74. The summed E-state index contributed by atoms with van der Waals surface area (Å²) in [5, 5.41) is 2.87. The fourth-order valence-corrected chi connectivity index (χ4v) is 3.10. The van der Waals surface area contributed by atoms with Gasteiger partial charge < -0.3 is 14.6 Å². The summed E-state index contributed by atoms with van der Waals surface area (Å²) in [6.45, 7) is 7.96. The van der Waals surface area contributed by atoms with Crippen LogP contribution in [0.5, 0.6) is 0 Å². The van der Waals surface area contributed by atoms with E-state index >= 15 is 0 Å². The van der Waals surface area contributed by atoms with Gasteiger partial charge >= 0.3 is 7.12 Å². The van der Waals surface area contributed by atoms with E-state index in [1.54, 1.807) is 12.1 Å². The summed E-state index contributed by atoms with van der Waals surface area (Å²) in [5.74, 6) is -0.974. The Morgan fingerprint density at radius 2 is 1.56 bits per heavy atom. The van der Waals surface area contributed by atoms with Crippen LogP contribution < -0.4 is 5.32 Å². The van der Waals surface area contributed by atoms with E-state index in [1.165, 1.54) is 12.1 Å². The molecular formula is C21H25BFNO3. The third kappa shape index (κ3) is 4.39. The highest BCUT2D eigenvalue weighted by Gasteiger charge is 2.51. The van der Waals surface area contributed by atoms with Gasteiger partial charge in [0.15, 0.2) is 0 Å². The first kappa shape index (κ1) is 19.6. The zero-order chi connectivity index (χ0) is 19.7. The number of carbonyl (C=O) groups excluding carboxylic acids is 1. The lowest BCUT2D eigenvalue weighted by molar-refractivity contribution is -0.117. The van der Waals surface area contributed by atoms with Gasteiger partial charge in [-0.05, 0) is 63.8 Å². The van der Waals surface area contributed by atoms with Gasteiger partial charge in [-0.3, -0.25) is 4.79 Å². The van der Waals surface area contributed by atoms with Gasteiger partial charge in [-0.15, -0.1) is 0 Å². The first-order valence-electron chi connectivity index (χ1n) is 9.15. The van der Waals surface area contributed by atoms with Crippen LogP contribution in [0.15, 0.2) is 54.6 Å². The minimum atomic E-state index is -0.487. The van der Waals surface area contributed by atoms with E-state index in [4.69, 9.17) is 9.31 Å². The molecule has 2 aromatic carbocycles. The van der Waals surface area contributed by atoms with Crippen LogP contribution in [0.1, 0.15) is 39.2 Å². The number of rotatable bonds is 5. The number of hydrogen-bond acceptors (Lipinski definition) is 3. The normalized spacial score (nSPS) is 18.9. The van der Waals surface area contributed by atoms with Crippen molar-refractivity contribution in [1.29, 1.82) is 0 Å². The number of amides is 1. The number of anilines is 1. The van der Waals surface area contributed by atoms with Crippen LogP contribution >= 0.6 is 0 Å². The molecule has 1 amide bonds. The van der Waals surface area contributed by atoms with Crippen LogP contribution in [0.4, 0.5) is 10.1 Å². The maximum Gasteiger partial charge on any atom is 0.458 e. The molecule has 0 aliphatic carbocycles. The van der Waals surface area contributed by atoms with Gasteiger partial charge in [0, 0.05) is 5.69 Å². The Balaban J connectivity index is 1.80. The van der Waals surface area contributed by atoms with Crippen molar-refractivity contribution >= 4 is 18.7 Å². The summed E-state index contributed by atoms with van der Waals surface area (Å²) in [6.07, 6.45) is 0.393. The quantitative estimate of drug-likeness (QED) is 0.781. The van der Waals surface area contributed by atoms with E-state index in [9.17, 15) is 9.18 Å². The number of nitrogens with one attached hydrogen (secondary N) is 1. The van der Waals surface area contributed by atoms with Crippen LogP contribution in [0, 0.1) is 5.82 Å². The molecule has 27 heavy (non-hydrogen) atoms. The predicted molar refractivity (Wildman–Crippen MR) is 105 cm³/mol. The maximum atomic E-state index is 13.1. The molecular weight excluding hydrogens is 344 g/mol. The summed E-state index contributed by atoms with van der Waals surface area (Å²) in [6, 6.07) is 15.3. The average molecular weight is 369 g/mol. The van der Waals surface area contributed by atoms with Crippen molar-refractivity contribution in [2.24, 2.45) is 0 Å². The van der Waals surface area contributed by atoms with E-state index in [2.05, 4.69) is 5.32 Å². The van der Waals surface area contributed by atoms with Crippen LogP contribution in [-0.2, 0) is 14.1 Å². The first-order valence-corrected chi connectivity index (χ1v) is 9.15. The molecule has 1 heterocycles. The van der Waals surface area contributed by atoms with Crippen LogP contribution in [0.3, 0.4) is 0 Å². The van der Waals surface area contributed by atoms with Crippen molar-refractivity contribution in [3.8, 4) is 0 Å². The molecule has 0 aromatic heterocycles. The van der Waals surface area contributed by atoms with Gasteiger partial charge in [0.1, 0.15) is 5.82 Å². The van der Waals surface area contributed by atoms with Gasteiger partial charge in [0.25, 0.3) is 0 Å². The molecule has 2 aromatic rings. The van der Waals surface area contributed by atoms with Gasteiger partial charge in [-0.2, -0.15) is 0 Å². The Bertz CT molecular complexity index is 777. The summed E-state index contributed by atoms with van der Waals surface area (Å²) < 4.78 is 25.3. The SMILES string of the molecule is CC1(C)OB(C[C@@H](C(=O)Nc2ccc(F)cc2)c2ccccc2)OC1(C)C. The first-order chi connectivity index (χ1) is 12.7. The number of halogens is 1. The van der Waals surface area contributed by atoms with E-state index in [0.29, 0.717) is 12.0 Å². The van der Waals surface area contributed by atoms with Gasteiger partial charge in [0.05, 0.1) is 17.1 Å². The van der Waals surface area contributed by atoms with E-state index in [0.717, 1.165) is 5.56 Å². The second-order valence-corrected chi connectivity index (χ2v) is 7.88. The molecule has 1 aliphatic heterocycles. The molecule has 3 rings (SSSR count). The zero-order valence-corrected chi connectivity index (χ0v) is 16.2. The minimum absolute atomic E-state index is 0.178. The largest absolute Gasteiger partial charge is 0.458 e. The Kier molecular flexibility index (Phi) is 5.40. The van der Waals surface area contributed by atoms with Crippen LogP contribution in [-0.4, -0.2) is 24.2 Å². The fourth-order valence-electron chi connectivity index (χ4n) is 3.10. The minimum Gasteiger partial charge on any atom is -0.403 e. The van der Waals surface area contributed by atoms with E-state index < -0.39 is 24.2 Å². The number of hydrogen-bond donors (Lipinski definition) is 1. The highest BCUT2D eigenvalue weighted by molar-refractivity contribution is 6.46. The molecule has 0 bridgehead atoms. The second kappa shape index (κ2) is 7.45. The topological polar surface area (TPSA) is 47.6 Å². The van der Waals surface area contributed by atoms with Crippen molar-refractivity contribution in [2.75, 3.05) is 5.32 Å². The molecule has 1 N–H and O–H groups in total. The Morgan fingerprint density at radius 3 is 2.11 bits per heavy atom. The molecule has 0 radical (unpaired) electrons. The lowest BCUT2D eigenvalue weighted by Gasteiger charge is -2.32. The summed E-state index contributed by atoms with van der Waals surface area (Å²) in [4.78, 5) is 13.0. The molecule has 4 nitrogen and oxygen atoms in total. The maximum absolute atomic E-state index is 13.1. The summed E-state index contributed by atoms with van der Waals surface area (Å²) in [5.41, 5.74) is 0.529. The van der Waals surface area contributed by atoms with Crippen molar-refractivity contribution in [1.82, 2.24) is 0 Å². The van der Waals surface area contributed by atoms with Crippen molar-refractivity contribution < 1.29 is 18.5 Å². The summed E-state index contributed by atoms with van der Waals surface area (Å²) in [7, 11) is -0.487. The fraction of sp³-hybridized carbons (Fsp3) is 0.381. The van der Waals surface area contributed by atoms with Crippen LogP contribution in [0.25, 0.3) is 0 Å². The third-order valence-corrected chi connectivity index (χ3v) is 5.36. The smallest absolute Gasteiger partial charge is 0.403 e. The third-order valence-electron chi connectivity index (χ3n) is 5.36. The monoisotopic (exact) mass is 369 g/mol. The van der Waals surface area contributed by atoms with Gasteiger partial charge in [0.2, 0.25) is 5.91 Å². The molecule has 1 atom stereocenters. The highest BCUT2D eigenvalue weighted by Crippen LogP contribution is 2.40. The zero-order valence-electron chi connectivity index (χ0n) is 16.2. The molecule has 0 spiro atoms. The van der Waals surface area contributed by atoms with Crippen molar-refractivity contribution in [3.63, 3.8) is 0 Å². The molecule has 1 saturated heterocycles. The molecule has 0 saturated carbocycles. The van der Waals surface area contributed by atoms with Gasteiger partial charge in [-0.25, -0.2) is 4.39 Å². The van der Waals surface area contributed by atoms with Crippen molar-refractivity contribution in [3.05, 3.63) is 66.0 Å². The molecule has 142 valence electrons. The van der Waals surface area contributed by atoms with Crippen molar-refractivity contribution in [2.45, 2.75) is 51.1 Å². The molecule has 1 aliphatic rings. The number of benzene rings is 2. The standard InChI is InChI=1S/C21H25BFNO3/c1-20(2)21(3,4)27-22(26-20)14-18(15-8-6-5-7-9-15)19(25)24-17-12-10-16(23)11-13-17/h5-13,18H,14H2,1-4H3,(H,24,25)/t18-/m1/s1. The highest BCUT2D eigenvalue weighted by atomic mass is 19.1.